The zero-order chi connectivity index (χ0) is 16.8. The number of benzene rings is 2. The molecule has 4 nitrogen and oxygen atoms in total. The van der Waals surface area contributed by atoms with Crippen molar-refractivity contribution in [2.24, 2.45) is 0 Å². The second kappa shape index (κ2) is 8.13. The molecule has 2 aromatic carbocycles. The first-order valence-electron chi connectivity index (χ1n) is 8.24. The highest BCUT2D eigenvalue weighted by Gasteiger charge is 2.28. The molecule has 0 amide bonds. The molecule has 0 bridgehead atoms. The summed E-state index contributed by atoms with van der Waals surface area (Å²) in [6.07, 6.45) is -0.501. The first-order valence-corrected chi connectivity index (χ1v) is 8.24. The molecule has 2 aromatic rings. The number of hydrogen-bond donors (Lipinski definition) is 1. The van der Waals surface area contributed by atoms with Gasteiger partial charge in [-0.05, 0) is 36.8 Å². The Morgan fingerprint density at radius 2 is 1.92 bits per heavy atom. The summed E-state index contributed by atoms with van der Waals surface area (Å²) >= 11 is 0. The topological polar surface area (TPSA) is 39.7 Å². The molecular formula is C19H22FNO3. The summed E-state index contributed by atoms with van der Waals surface area (Å²) < 4.78 is 31.0. The second-order valence-corrected chi connectivity index (χ2v) is 5.58. The fraction of sp³-hybridized carbons (Fsp3) is 0.368. The van der Waals surface area contributed by atoms with Crippen LogP contribution < -0.4 is 14.8 Å². The van der Waals surface area contributed by atoms with Crippen molar-refractivity contribution in [3.63, 3.8) is 0 Å². The maximum absolute atomic E-state index is 13.3. The van der Waals surface area contributed by atoms with Crippen molar-refractivity contribution in [2.75, 3.05) is 26.3 Å². The van der Waals surface area contributed by atoms with Crippen molar-refractivity contribution in [2.45, 2.75) is 19.1 Å². The maximum atomic E-state index is 13.3. The van der Waals surface area contributed by atoms with Crippen LogP contribution >= 0.6 is 0 Å². The lowest BCUT2D eigenvalue weighted by molar-refractivity contribution is -0.0439. The van der Waals surface area contributed by atoms with Gasteiger partial charge in [-0.3, -0.25) is 0 Å². The van der Waals surface area contributed by atoms with E-state index >= 15 is 0 Å². The molecule has 0 aromatic heterocycles. The lowest BCUT2D eigenvalue weighted by Gasteiger charge is -2.32. The van der Waals surface area contributed by atoms with E-state index in [0.29, 0.717) is 31.3 Å². The standard InChI is InChI=1S/C19H22FNO3/c1-2-22-16-5-3-4-6-17(16)24-19(18-13-21-11-12-23-18)14-7-9-15(20)10-8-14/h3-10,18-19,21H,2,11-13H2,1H3/t18-,19-/m0/s1. The monoisotopic (exact) mass is 331 g/mol. The third kappa shape index (κ3) is 4.04. The predicted octanol–water partition coefficient (Wildman–Crippen LogP) is 3.33. The molecule has 0 radical (unpaired) electrons. The van der Waals surface area contributed by atoms with Crippen LogP contribution in [0.25, 0.3) is 0 Å². The van der Waals surface area contributed by atoms with Crippen LogP contribution in [0.1, 0.15) is 18.6 Å². The van der Waals surface area contributed by atoms with Crippen LogP contribution in [0.4, 0.5) is 4.39 Å². The summed E-state index contributed by atoms with van der Waals surface area (Å²) in [6.45, 7) is 4.62. The molecule has 0 unspecified atom stereocenters. The van der Waals surface area contributed by atoms with Gasteiger partial charge in [0.15, 0.2) is 17.6 Å². The van der Waals surface area contributed by atoms with E-state index < -0.39 is 0 Å². The number of nitrogens with one attached hydrogen (secondary N) is 1. The maximum Gasteiger partial charge on any atom is 0.162 e. The normalized spacial score (nSPS) is 18.8. The zero-order valence-electron chi connectivity index (χ0n) is 13.7. The summed E-state index contributed by atoms with van der Waals surface area (Å²) in [4.78, 5) is 0. The van der Waals surface area contributed by atoms with Gasteiger partial charge in [-0.2, -0.15) is 0 Å². The fourth-order valence-corrected chi connectivity index (χ4v) is 2.75. The van der Waals surface area contributed by atoms with Crippen LogP contribution in [0.15, 0.2) is 48.5 Å². The number of hydrogen-bond acceptors (Lipinski definition) is 4. The fourth-order valence-electron chi connectivity index (χ4n) is 2.75. The van der Waals surface area contributed by atoms with Gasteiger partial charge >= 0.3 is 0 Å². The Labute approximate surface area is 141 Å². The third-order valence-corrected chi connectivity index (χ3v) is 3.90. The molecule has 1 saturated heterocycles. The third-order valence-electron chi connectivity index (χ3n) is 3.90. The Morgan fingerprint density at radius 3 is 2.58 bits per heavy atom. The summed E-state index contributed by atoms with van der Waals surface area (Å²) in [6, 6.07) is 13.9. The van der Waals surface area contributed by atoms with Gasteiger partial charge in [0.25, 0.3) is 0 Å². The van der Waals surface area contributed by atoms with Crippen molar-refractivity contribution in [1.29, 1.82) is 0 Å². The molecule has 3 rings (SSSR count). The van der Waals surface area contributed by atoms with Crippen LogP contribution in [0.2, 0.25) is 0 Å². The molecule has 1 aliphatic heterocycles. The summed E-state index contributed by atoms with van der Waals surface area (Å²) in [7, 11) is 0. The van der Waals surface area contributed by atoms with Crippen LogP contribution in [-0.2, 0) is 4.74 Å². The Kier molecular flexibility index (Phi) is 5.67. The first kappa shape index (κ1) is 16.7. The number of rotatable bonds is 6. The van der Waals surface area contributed by atoms with Gasteiger partial charge in [-0.25, -0.2) is 4.39 Å². The van der Waals surface area contributed by atoms with Crippen molar-refractivity contribution in [3.05, 3.63) is 59.9 Å². The molecule has 5 heteroatoms. The minimum absolute atomic E-state index is 0.154. The molecular weight excluding hydrogens is 309 g/mol. The van der Waals surface area contributed by atoms with E-state index in [2.05, 4.69) is 5.32 Å². The highest BCUT2D eigenvalue weighted by atomic mass is 19.1. The van der Waals surface area contributed by atoms with Gasteiger partial charge in [0.1, 0.15) is 11.9 Å². The zero-order valence-corrected chi connectivity index (χ0v) is 13.7. The molecule has 24 heavy (non-hydrogen) atoms. The minimum atomic E-state index is -0.347. The average Bonchev–Trinajstić information content (AvgIpc) is 2.63. The van der Waals surface area contributed by atoms with E-state index in [-0.39, 0.29) is 18.0 Å². The largest absolute Gasteiger partial charge is 0.490 e. The Balaban J connectivity index is 1.88. The van der Waals surface area contributed by atoms with Gasteiger partial charge in [0.2, 0.25) is 0 Å². The molecule has 2 atom stereocenters. The lowest BCUT2D eigenvalue weighted by Crippen LogP contribution is -2.43. The Morgan fingerprint density at radius 1 is 1.17 bits per heavy atom. The smallest absolute Gasteiger partial charge is 0.162 e. The lowest BCUT2D eigenvalue weighted by atomic mass is 10.0. The second-order valence-electron chi connectivity index (χ2n) is 5.58. The van der Waals surface area contributed by atoms with Crippen molar-refractivity contribution in [1.82, 2.24) is 5.32 Å². The molecule has 0 saturated carbocycles. The molecule has 0 spiro atoms. The van der Waals surface area contributed by atoms with Crippen LogP contribution in [0, 0.1) is 5.82 Å². The number of halogens is 1. The van der Waals surface area contributed by atoms with E-state index in [1.807, 2.05) is 31.2 Å². The Bertz CT molecular complexity index is 641. The highest BCUT2D eigenvalue weighted by molar-refractivity contribution is 5.40. The molecule has 1 heterocycles. The van der Waals surface area contributed by atoms with Gasteiger partial charge in [0, 0.05) is 13.1 Å². The number of para-hydroxylation sites is 2. The summed E-state index contributed by atoms with van der Waals surface area (Å²) in [5.74, 6) is 1.08. The van der Waals surface area contributed by atoms with Gasteiger partial charge in [-0.1, -0.05) is 24.3 Å². The van der Waals surface area contributed by atoms with E-state index in [1.165, 1.54) is 12.1 Å². The molecule has 0 aliphatic carbocycles. The van der Waals surface area contributed by atoms with E-state index in [0.717, 1.165) is 12.1 Å². The van der Waals surface area contributed by atoms with Gasteiger partial charge in [0.05, 0.1) is 13.2 Å². The summed E-state index contributed by atoms with van der Waals surface area (Å²) in [5, 5.41) is 3.31. The van der Waals surface area contributed by atoms with Crippen molar-refractivity contribution < 1.29 is 18.6 Å². The quantitative estimate of drug-likeness (QED) is 0.881. The summed E-state index contributed by atoms with van der Waals surface area (Å²) in [5.41, 5.74) is 0.872. The Hall–Kier alpha value is -2.11. The van der Waals surface area contributed by atoms with Crippen LogP contribution in [0.3, 0.4) is 0 Å². The van der Waals surface area contributed by atoms with Crippen LogP contribution in [-0.4, -0.2) is 32.4 Å². The minimum Gasteiger partial charge on any atom is -0.490 e. The molecule has 128 valence electrons. The van der Waals surface area contributed by atoms with Crippen molar-refractivity contribution in [3.8, 4) is 11.5 Å². The van der Waals surface area contributed by atoms with Crippen LogP contribution in [0.5, 0.6) is 11.5 Å². The predicted molar refractivity (Wildman–Crippen MR) is 90.0 cm³/mol. The SMILES string of the molecule is CCOc1ccccc1O[C@@H](c1ccc(F)cc1)[C@@H]1CNCCO1. The van der Waals surface area contributed by atoms with E-state index in [9.17, 15) is 4.39 Å². The number of morpholine rings is 1. The van der Waals surface area contributed by atoms with Gasteiger partial charge < -0.3 is 19.5 Å². The highest BCUT2D eigenvalue weighted by Crippen LogP contribution is 2.33. The van der Waals surface area contributed by atoms with E-state index in [1.54, 1.807) is 12.1 Å². The van der Waals surface area contributed by atoms with Crippen molar-refractivity contribution >= 4 is 0 Å². The van der Waals surface area contributed by atoms with E-state index in [4.69, 9.17) is 14.2 Å². The average molecular weight is 331 g/mol. The first-order chi connectivity index (χ1) is 11.8. The molecule has 1 N–H and O–H groups in total. The number of ether oxygens (including phenoxy) is 3. The molecule has 1 aliphatic rings. The van der Waals surface area contributed by atoms with Gasteiger partial charge in [-0.15, -0.1) is 0 Å². The molecule has 1 fully saturated rings.